The first-order valence-corrected chi connectivity index (χ1v) is 9.32. The minimum atomic E-state index is -0.521. The first-order valence-electron chi connectivity index (χ1n) is 9.32. The number of nitrogens with two attached hydrogens (primary N) is 1. The topological polar surface area (TPSA) is 84.1 Å². The van der Waals surface area contributed by atoms with Gasteiger partial charge in [-0.1, -0.05) is 43.4 Å². The number of nitrogens with one attached hydrogen (secondary N) is 1. The maximum Gasteiger partial charge on any atom is 0.250 e. The van der Waals surface area contributed by atoms with Crippen molar-refractivity contribution in [3.05, 3.63) is 66.7 Å². The molecule has 2 atom stereocenters. The van der Waals surface area contributed by atoms with E-state index in [0.29, 0.717) is 23.3 Å². The molecule has 0 aromatic carbocycles. The summed E-state index contributed by atoms with van der Waals surface area (Å²) in [7, 11) is 0. The molecule has 0 radical (unpaired) electrons. The number of hydrogen-bond acceptors (Lipinski definition) is 5. The van der Waals surface area contributed by atoms with Gasteiger partial charge in [0.2, 0.25) is 5.91 Å². The lowest BCUT2D eigenvalue weighted by molar-refractivity contribution is 0.1000. The molecular weight excluding hydrogens is 338 g/mol. The molecule has 2 rings (SSSR count). The molecule has 3 N–H and O–H groups in total. The third-order valence-electron chi connectivity index (χ3n) is 4.50. The van der Waals surface area contributed by atoms with Gasteiger partial charge in [0.1, 0.15) is 12.1 Å². The Kier molecular flexibility index (Phi) is 7.95. The summed E-state index contributed by atoms with van der Waals surface area (Å²) >= 11 is 0. The average Bonchev–Trinajstić information content (AvgIpc) is 2.66. The molecule has 1 aliphatic rings. The van der Waals surface area contributed by atoms with Gasteiger partial charge in [-0.2, -0.15) is 0 Å². The normalized spacial score (nSPS) is 16.9. The lowest BCUT2D eigenvalue weighted by Gasteiger charge is -2.39. The SMILES string of the molecule is CCN(C(C)C)C(Nc1ccccc(C(N)=O)cncn1)C1C=CC=CC1. The van der Waals surface area contributed by atoms with Gasteiger partial charge in [0.05, 0.1) is 11.7 Å². The summed E-state index contributed by atoms with van der Waals surface area (Å²) in [5.41, 5.74) is 5.64. The second-order valence-electron chi connectivity index (χ2n) is 6.67. The van der Waals surface area contributed by atoms with Crippen LogP contribution < -0.4 is 11.1 Å². The Morgan fingerprint density at radius 3 is 2.74 bits per heavy atom. The molecular formula is C21H29N5O. The van der Waals surface area contributed by atoms with Crippen LogP contribution in [0.4, 0.5) is 5.82 Å². The van der Waals surface area contributed by atoms with E-state index in [1.165, 1.54) is 12.5 Å². The number of anilines is 1. The van der Waals surface area contributed by atoms with Crippen molar-refractivity contribution in [3.8, 4) is 0 Å². The fourth-order valence-corrected chi connectivity index (χ4v) is 3.14. The van der Waals surface area contributed by atoms with Crippen molar-refractivity contribution >= 4 is 11.7 Å². The lowest BCUT2D eigenvalue weighted by Crippen LogP contribution is -2.49. The van der Waals surface area contributed by atoms with Gasteiger partial charge in [0, 0.05) is 18.2 Å². The molecule has 1 aromatic heterocycles. The van der Waals surface area contributed by atoms with Gasteiger partial charge in [0.25, 0.3) is 0 Å². The quantitative estimate of drug-likeness (QED) is 0.723. The number of aromatic nitrogens is 2. The minimum absolute atomic E-state index is 0.108. The van der Waals surface area contributed by atoms with Gasteiger partial charge in [-0.3, -0.25) is 9.69 Å². The predicted molar refractivity (Wildman–Crippen MR) is 109 cm³/mol. The number of carbonyl (C=O) groups excluding carboxylic acids is 1. The summed E-state index contributed by atoms with van der Waals surface area (Å²) < 4.78 is 0. The number of allylic oxidation sites excluding steroid dienone is 3. The van der Waals surface area contributed by atoms with E-state index in [4.69, 9.17) is 5.73 Å². The Morgan fingerprint density at radius 2 is 2.11 bits per heavy atom. The highest BCUT2D eigenvalue weighted by Crippen LogP contribution is 2.23. The van der Waals surface area contributed by atoms with Crippen LogP contribution in [0.2, 0.25) is 0 Å². The Hall–Kier alpha value is -2.73. The summed E-state index contributed by atoms with van der Waals surface area (Å²) in [5, 5.41) is 3.57. The summed E-state index contributed by atoms with van der Waals surface area (Å²) in [4.78, 5) is 22.2. The smallest absolute Gasteiger partial charge is 0.250 e. The summed E-state index contributed by atoms with van der Waals surface area (Å²) in [5.74, 6) is 0.538. The van der Waals surface area contributed by atoms with Crippen molar-refractivity contribution in [1.82, 2.24) is 14.9 Å². The second kappa shape index (κ2) is 10.4. The van der Waals surface area contributed by atoms with Crippen LogP contribution in [0.3, 0.4) is 0 Å². The molecule has 27 heavy (non-hydrogen) atoms. The van der Waals surface area contributed by atoms with E-state index in [1.807, 2.05) is 12.1 Å². The number of primary amides is 1. The average molecular weight is 367 g/mol. The van der Waals surface area contributed by atoms with Gasteiger partial charge in [-0.05, 0) is 38.9 Å². The van der Waals surface area contributed by atoms with E-state index in [-0.39, 0.29) is 6.17 Å². The number of nitrogens with zero attached hydrogens (tertiary/aromatic N) is 3. The molecule has 0 saturated heterocycles. The third-order valence-corrected chi connectivity index (χ3v) is 4.50. The van der Waals surface area contributed by atoms with E-state index in [9.17, 15) is 4.79 Å². The Balaban J connectivity index is 2.33. The van der Waals surface area contributed by atoms with Crippen molar-refractivity contribution in [1.29, 1.82) is 0 Å². The molecule has 144 valence electrons. The zero-order valence-electron chi connectivity index (χ0n) is 16.2. The van der Waals surface area contributed by atoms with Gasteiger partial charge >= 0.3 is 0 Å². The second-order valence-corrected chi connectivity index (χ2v) is 6.67. The summed E-state index contributed by atoms with van der Waals surface area (Å²) in [6.45, 7) is 7.50. The molecule has 1 aromatic rings. The van der Waals surface area contributed by atoms with Crippen LogP contribution in [-0.4, -0.2) is 39.5 Å². The molecule has 2 unspecified atom stereocenters. The molecule has 1 amide bonds. The largest absolute Gasteiger partial charge is 0.366 e. The van der Waals surface area contributed by atoms with Gasteiger partial charge < -0.3 is 11.1 Å². The van der Waals surface area contributed by atoms with Gasteiger partial charge in [-0.25, -0.2) is 9.97 Å². The number of carbonyl (C=O) groups is 1. The molecule has 1 aliphatic carbocycles. The maximum atomic E-state index is 11.3. The minimum Gasteiger partial charge on any atom is -0.366 e. The molecule has 0 fully saturated rings. The van der Waals surface area contributed by atoms with Crippen LogP contribution >= 0.6 is 0 Å². The highest BCUT2D eigenvalue weighted by atomic mass is 16.1. The van der Waals surface area contributed by atoms with Crippen molar-refractivity contribution in [2.75, 3.05) is 11.9 Å². The van der Waals surface area contributed by atoms with Crippen molar-refractivity contribution < 1.29 is 4.79 Å². The van der Waals surface area contributed by atoms with E-state index >= 15 is 0 Å². The molecule has 1 heterocycles. The summed E-state index contributed by atoms with van der Waals surface area (Å²) in [6, 6.07) is 7.49. The van der Waals surface area contributed by atoms with Crippen LogP contribution in [0.1, 0.15) is 37.6 Å². The Bertz CT molecular complexity index is 715. The fourth-order valence-electron chi connectivity index (χ4n) is 3.14. The van der Waals surface area contributed by atoms with Crippen LogP contribution in [0.15, 0.2) is 61.1 Å². The van der Waals surface area contributed by atoms with Gasteiger partial charge in [0.15, 0.2) is 0 Å². The zero-order chi connectivity index (χ0) is 19.6. The van der Waals surface area contributed by atoms with Crippen LogP contribution in [0, 0.1) is 5.92 Å². The van der Waals surface area contributed by atoms with Crippen molar-refractivity contribution in [2.45, 2.75) is 39.4 Å². The van der Waals surface area contributed by atoms with Crippen LogP contribution in [-0.2, 0) is 0 Å². The number of hydrogen-bond donors (Lipinski definition) is 2. The first kappa shape index (κ1) is 20.6. The van der Waals surface area contributed by atoms with Crippen molar-refractivity contribution in [2.24, 2.45) is 11.7 Å². The van der Waals surface area contributed by atoms with E-state index < -0.39 is 5.91 Å². The fraction of sp³-hybridized carbons (Fsp3) is 0.381. The highest BCUT2D eigenvalue weighted by Gasteiger charge is 2.26. The number of rotatable bonds is 7. The lowest BCUT2D eigenvalue weighted by atomic mass is 9.95. The zero-order valence-corrected chi connectivity index (χ0v) is 16.2. The summed E-state index contributed by atoms with van der Waals surface area (Å²) in [6.07, 6.45) is 12.5. The molecule has 6 heteroatoms. The Morgan fingerprint density at radius 1 is 1.33 bits per heavy atom. The molecule has 6 nitrogen and oxygen atoms in total. The van der Waals surface area contributed by atoms with E-state index in [1.54, 1.807) is 12.1 Å². The van der Waals surface area contributed by atoms with Crippen molar-refractivity contribution in [3.63, 3.8) is 0 Å². The molecule has 0 bridgehead atoms. The standard InChI is InChI=1S/C21H29N5O/c1-4-26(16(2)3)21(17-10-6-5-7-11-17)25-19-13-9-8-12-18(20(22)27)14-23-15-24-19/h5-10,12-17,21H,4,11H2,1-3H3,(H2,22,27)(H,23,24,25). The first-order chi connectivity index (χ1) is 13.0. The van der Waals surface area contributed by atoms with Crippen LogP contribution in [0.5, 0.6) is 0 Å². The monoisotopic (exact) mass is 367 g/mol. The molecule has 0 spiro atoms. The Labute approximate surface area is 161 Å². The van der Waals surface area contributed by atoms with E-state index in [2.05, 4.69) is 65.3 Å². The molecule has 0 aliphatic heterocycles. The maximum absolute atomic E-state index is 11.3. The van der Waals surface area contributed by atoms with Gasteiger partial charge in [-0.15, -0.1) is 0 Å². The predicted octanol–water partition coefficient (Wildman–Crippen LogP) is 3.30. The van der Waals surface area contributed by atoms with Crippen LogP contribution in [0.25, 0.3) is 0 Å². The third kappa shape index (κ3) is 6.18. The van der Waals surface area contributed by atoms with E-state index in [0.717, 1.165) is 13.0 Å². The number of amides is 1. The molecule has 0 saturated carbocycles. The highest BCUT2D eigenvalue weighted by molar-refractivity contribution is 5.92.